The summed E-state index contributed by atoms with van der Waals surface area (Å²) < 4.78 is 2.37. The van der Waals surface area contributed by atoms with Crippen LogP contribution in [0.5, 0.6) is 0 Å². The summed E-state index contributed by atoms with van der Waals surface area (Å²) in [7, 11) is 0. The number of fused-ring (bicyclic) bond motifs is 1. The van der Waals surface area contributed by atoms with Gasteiger partial charge in [-0.2, -0.15) is 0 Å². The van der Waals surface area contributed by atoms with Gasteiger partial charge in [0.05, 0.1) is 6.04 Å². The third kappa shape index (κ3) is 3.27. The number of para-hydroxylation sites is 1. The van der Waals surface area contributed by atoms with Crippen LogP contribution in [0.2, 0.25) is 0 Å². The molecule has 4 heteroatoms. The van der Waals surface area contributed by atoms with Crippen molar-refractivity contribution in [3.8, 4) is 0 Å². The summed E-state index contributed by atoms with van der Waals surface area (Å²) in [6.45, 7) is 10.0. The molecule has 114 valence electrons. The van der Waals surface area contributed by atoms with E-state index in [1.165, 1.54) is 22.2 Å². The van der Waals surface area contributed by atoms with E-state index in [0.717, 1.165) is 6.54 Å². The smallest absolute Gasteiger partial charge is 0.234 e. The van der Waals surface area contributed by atoms with Crippen molar-refractivity contribution >= 4 is 16.8 Å². The lowest BCUT2D eigenvalue weighted by atomic mass is 10.1. The molecule has 4 nitrogen and oxygen atoms in total. The number of nitrogens with one attached hydrogen (secondary N) is 1. The summed E-state index contributed by atoms with van der Waals surface area (Å²) in [5.41, 5.74) is 9.08. The van der Waals surface area contributed by atoms with Gasteiger partial charge in [0.1, 0.15) is 0 Å². The van der Waals surface area contributed by atoms with E-state index in [1.807, 2.05) is 0 Å². The molecule has 0 spiro atoms. The lowest BCUT2D eigenvalue weighted by Gasteiger charge is -2.12. The maximum atomic E-state index is 11.2. The Bertz CT molecular complexity index is 643. The molecular formula is C17H25N3O. The van der Waals surface area contributed by atoms with Crippen LogP contribution >= 0.6 is 0 Å². The van der Waals surface area contributed by atoms with Gasteiger partial charge in [-0.25, -0.2) is 0 Å². The third-order valence-electron chi connectivity index (χ3n) is 3.92. The van der Waals surface area contributed by atoms with Crippen LogP contribution in [0, 0.1) is 12.8 Å². The molecule has 0 aliphatic rings. The van der Waals surface area contributed by atoms with Crippen molar-refractivity contribution in [2.45, 2.75) is 46.8 Å². The molecule has 0 unspecified atom stereocenters. The summed E-state index contributed by atoms with van der Waals surface area (Å²) in [6, 6.07) is 8.11. The Hall–Kier alpha value is -1.81. The Labute approximate surface area is 126 Å². The van der Waals surface area contributed by atoms with Gasteiger partial charge in [0.2, 0.25) is 5.91 Å². The fourth-order valence-electron chi connectivity index (χ4n) is 2.68. The summed E-state index contributed by atoms with van der Waals surface area (Å²) in [6.07, 6.45) is 0. The third-order valence-corrected chi connectivity index (χ3v) is 3.92. The molecular weight excluding hydrogens is 262 g/mol. The highest BCUT2D eigenvalue weighted by Crippen LogP contribution is 2.26. The van der Waals surface area contributed by atoms with Gasteiger partial charge in [-0.05, 0) is 31.4 Å². The average molecular weight is 287 g/mol. The number of carbonyl (C=O) groups is 1. The van der Waals surface area contributed by atoms with Crippen LogP contribution < -0.4 is 11.1 Å². The second-order valence-electron chi connectivity index (χ2n) is 6.09. The average Bonchev–Trinajstić information content (AvgIpc) is 2.69. The maximum absolute atomic E-state index is 11.2. The minimum absolute atomic E-state index is 0.321. The Balaban J connectivity index is 2.39. The van der Waals surface area contributed by atoms with Crippen molar-refractivity contribution in [2.24, 2.45) is 11.7 Å². The van der Waals surface area contributed by atoms with Crippen molar-refractivity contribution in [3.63, 3.8) is 0 Å². The Morgan fingerprint density at radius 2 is 1.95 bits per heavy atom. The van der Waals surface area contributed by atoms with Gasteiger partial charge in [0.25, 0.3) is 0 Å². The predicted octanol–water partition coefficient (Wildman–Crippen LogP) is 2.57. The minimum atomic E-state index is -0.323. The van der Waals surface area contributed by atoms with Crippen LogP contribution in [0.3, 0.4) is 0 Å². The van der Waals surface area contributed by atoms with Gasteiger partial charge < -0.3 is 15.6 Å². The van der Waals surface area contributed by atoms with Crippen molar-refractivity contribution in [1.29, 1.82) is 0 Å². The SMILES string of the molecule is Cc1c(CN[C@@H](C)C(N)=O)c2ccccc2n1CC(C)C. The molecule has 2 rings (SSSR count). The predicted molar refractivity (Wildman–Crippen MR) is 87.0 cm³/mol. The van der Waals surface area contributed by atoms with Crippen LogP contribution in [-0.4, -0.2) is 16.5 Å². The van der Waals surface area contributed by atoms with E-state index >= 15 is 0 Å². The van der Waals surface area contributed by atoms with Crippen molar-refractivity contribution in [2.75, 3.05) is 0 Å². The quantitative estimate of drug-likeness (QED) is 0.858. The first kappa shape index (κ1) is 15.6. The number of hydrogen-bond donors (Lipinski definition) is 2. The maximum Gasteiger partial charge on any atom is 0.234 e. The first-order chi connectivity index (χ1) is 9.91. The number of primary amides is 1. The molecule has 0 aliphatic heterocycles. The van der Waals surface area contributed by atoms with E-state index in [2.05, 4.69) is 54.9 Å². The Morgan fingerprint density at radius 1 is 1.29 bits per heavy atom. The number of amides is 1. The molecule has 1 atom stereocenters. The summed E-state index contributed by atoms with van der Waals surface area (Å²) in [4.78, 5) is 11.2. The van der Waals surface area contributed by atoms with Crippen LogP contribution in [0.15, 0.2) is 24.3 Å². The van der Waals surface area contributed by atoms with E-state index in [9.17, 15) is 4.79 Å². The molecule has 0 bridgehead atoms. The van der Waals surface area contributed by atoms with Crippen molar-refractivity contribution in [3.05, 3.63) is 35.5 Å². The normalized spacial score (nSPS) is 13.0. The molecule has 1 aromatic heterocycles. The zero-order valence-electron chi connectivity index (χ0n) is 13.3. The van der Waals surface area contributed by atoms with E-state index in [1.54, 1.807) is 6.92 Å². The first-order valence-electron chi connectivity index (χ1n) is 7.51. The highest BCUT2D eigenvalue weighted by molar-refractivity contribution is 5.85. The largest absolute Gasteiger partial charge is 0.368 e. The second-order valence-corrected chi connectivity index (χ2v) is 6.09. The van der Waals surface area contributed by atoms with Gasteiger partial charge in [-0.15, -0.1) is 0 Å². The number of rotatable bonds is 6. The lowest BCUT2D eigenvalue weighted by Crippen LogP contribution is -2.38. The molecule has 1 heterocycles. The number of carbonyl (C=O) groups excluding carboxylic acids is 1. The molecule has 0 saturated carbocycles. The van der Waals surface area contributed by atoms with E-state index in [-0.39, 0.29) is 11.9 Å². The van der Waals surface area contributed by atoms with Gasteiger partial charge >= 0.3 is 0 Å². The molecule has 21 heavy (non-hydrogen) atoms. The van der Waals surface area contributed by atoms with E-state index < -0.39 is 0 Å². The van der Waals surface area contributed by atoms with Crippen molar-refractivity contribution < 1.29 is 4.79 Å². The molecule has 0 radical (unpaired) electrons. The fraction of sp³-hybridized carbons (Fsp3) is 0.471. The molecule has 2 aromatic rings. The van der Waals surface area contributed by atoms with Gasteiger partial charge in [0.15, 0.2) is 0 Å². The summed E-state index contributed by atoms with van der Waals surface area (Å²) in [5.74, 6) is 0.267. The zero-order valence-corrected chi connectivity index (χ0v) is 13.3. The number of aromatic nitrogens is 1. The minimum Gasteiger partial charge on any atom is -0.368 e. The number of nitrogens with two attached hydrogens (primary N) is 1. The van der Waals surface area contributed by atoms with E-state index in [4.69, 9.17) is 5.73 Å². The molecule has 3 N–H and O–H groups in total. The monoisotopic (exact) mass is 287 g/mol. The van der Waals surface area contributed by atoms with Crippen LogP contribution in [0.25, 0.3) is 10.9 Å². The number of benzene rings is 1. The molecule has 1 amide bonds. The standard InChI is InChI=1S/C17H25N3O/c1-11(2)10-20-13(4)15(9-19-12(3)17(18)21)14-7-5-6-8-16(14)20/h5-8,11-12,19H,9-10H2,1-4H3,(H2,18,21)/t12-/m0/s1. The lowest BCUT2D eigenvalue weighted by molar-refractivity contribution is -0.119. The van der Waals surface area contributed by atoms with Gasteiger partial charge in [0, 0.05) is 29.7 Å². The zero-order chi connectivity index (χ0) is 15.6. The molecule has 0 aliphatic carbocycles. The van der Waals surface area contributed by atoms with Crippen LogP contribution in [0.4, 0.5) is 0 Å². The highest BCUT2D eigenvalue weighted by Gasteiger charge is 2.16. The first-order valence-corrected chi connectivity index (χ1v) is 7.51. The van der Waals surface area contributed by atoms with Gasteiger partial charge in [-0.1, -0.05) is 32.0 Å². The highest BCUT2D eigenvalue weighted by atomic mass is 16.1. The Morgan fingerprint density at radius 3 is 2.57 bits per heavy atom. The van der Waals surface area contributed by atoms with E-state index in [0.29, 0.717) is 12.5 Å². The van der Waals surface area contributed by atoms with Crippen molar-refractivity contribution in [1.82, 2.24) is 9.88 Å². The van der Waals surface area contributed by atoms with Gasteiger partial charge in [-0.3, -0.25) is 4.79 Å². The summed E-state index contributed by atoms with van der Waals surface area (Å²) in [5, 5.41) is 4.46. The Kier molecular flexibility index (Phi) is 4.68. The van der Waals surface area contributed by atoms with Crippen LogP contribution in [0.1, 0.15) is 32.0 Å². The second kappa shape index (κ2) is 6.31. The number of nitrogens with zero attached hydrogens (tertiary/aromatic N) is 1. The number of hydrogen-bond acceptors (Lipinski definition) is 2. The fourth-order valence-corrected chi connectivity index (χ4v) is 2.68. The van der Waals surface area contributed by atoms with Crippen LogP contribution in [-0.2, 0) is 17.9 Å². The summed E-state index contributed by atoms with van der Waals surface area (Å²) >= 11 is 0. The topological polar surface area (TPSA) is 60.0 Å². The molecule has 0 fully saturated rings. The molecule has 0 saturated heterocycles. The molecule has 1 aromatic carbocycles.